The number of hydrogen-bond donors (Lipinski definition) is 1. The Kier molecular flexibility index (Phi) is 10.9. The van der Waals surface area contributed by atoms with E-state index < -0.39 is 74.3 Å². The van der Waals surface area contributed by atoms with Crippen LogP contribution in [0.4, 0.5) is 37.7 Å². The van der Waals surface area contributed by atoms with E-state index in [0.29, 0.717) is 29.9 Å². The van der Waals surface area contributed by atoms with E-state index in [2.05, 4.69) is 11.0 Å². The van der Waals surface area contributed by atoms with E-state index >= 15 is 13.6 Å². The van der Waals surface area contributed by atoms with Crippen molar-refractivity contribution in [1.82, 2.24) is 4.31 Å². The molecule has 3 fully saturated rings. The molecule has 1 heterocycles. The van der Waals surface area contributed by atoms with Gasteiger partial charge in [0.2, 0.25) is 21.7 Å². The number of anilines is 2. The number of aromatic carboxylic acids is 1. The molecule has 56 heavy (non-hydrogen) atoms. The molecule has 2 saturated carbocycles. The van der Waals surface area contributed by atoms with Crippen LogP contribution in [0, 0.1) is 34.9 Å². The SMILES string of the molecule is C[C@H](C(=O)N(Cc1cc(C2CC2)cc(N2CCCC2)c1)c1ccc(C(=O)O)cc1C1CC1)N(Cc1ccc(F)cc1Cl)S(=O)(=O)c1c(F)c(F)c(F)c(F)c1F. The summed E-state index contributed by atoms with van der Waals surface area (Å²) >= 11 is 6.24. The Morgan fingerprint density at radius 1 is 0.821 bits per heavy atom. The van der Waals surface area contributed by atoms with Crippen molar-refractivity contribution >= 4 is 44.9 Å². The number of rotatable bonds is 13. The second-order valence-corrected chi connectivity index (χ2v) is 16.8. The lowest BCUT2D eigenvalue weighted by atomic mass is 10.0. The molecule has 1 N–H and O–H groups in total. The number of halogens is 7. The minimum Gasteiger partial charge on any atom is -0.478 e. The lowest BCUT2D eigenvalue weighted by molar-refractivity contribution is -0.122. The maximum atomic E-state index is 15.3. The van der Waals surface area contributed by atoms with Crippen LogP contribution in [0.1, 0.15) is 89.9 Å². The topological polar surface area (TPSA) is 98.2 Å². The second-order valence-electron chi connectivity index (χ2n) is 14.5. The molecule has 1 aliphatic heterocycles. The number of sulfonamides is 1. The van der Waals surface area contributed by atoms with Gasteiger partial charge in [-0.05, 0) is 122 Å². The number of benzene rings is 4. The first-order chi connectivity index (χ1) is 26.6. The van der Waals surface area contributed by atoms with Gasteiger partial charge in [-0.3, -0.25) is 4.79 Å². The maximum Gasteiger partial charge on any atom is 0.335 e. The fourth-order valence-electron chi connectivity index (χ4n) is 7.25. The Hall–Kier alpha value is -4.60. The van der Waals surface area contributed by atoms with Crippen LogP contribution in [-0.4, -0.2) is 48.8 Å². The van der Waals surface area contributed by atoms with E-state index in [1.165, 1.54) is 23.1 Å². The molecule has 16 heteroatoms. The number of carboxylic acids is 1. The smallest absolute Gasteiger partial charge is 0.335 e. The highest BCUT2D eigenvalue weighted by Gasteiger charge is 2.43. The Morgan fingerprint density at radius 2 is 1.45 bits per heavy atom. The highest BCUT2D eigenvalue weighted by atomic mass is 35.5. The van der Waals surface area contributed by atoms with E-state index in [1.807, 2.05) is 12.1 Å². The highest BCUT2D eigenvalue weighted by Crippen LogP contribution is 2.46. The van der Waals surface area contributed by atoms with Crippen molar-refractivity contribution in [2.45, 2.75) is 81.3 Å². The van der Waals surface area contributed by atoms with Crippen LogP contribution in [0.3, 0.4) is 0 Å². The molecule has 0 radical (unpaired) electrons. The third-order valence-electron chi connectivity index (χ3n) is 10.6. The van der Waals surface area contributed by atoms with Crippen LogP contribution in [0.15, 0.2) is 59.5 Å². The molecule has 0 aromatic heterocycles. The molecule has 0 spiro atoms. The molecule has 4 aromatic rings. The van der Waals surface area contributed by atoms with Crippen molar-refractivity contribution in [2.75, 3.05) is 22.9 Å². The predicted octanol–water partition coefficient (Wildman–Crippen LogP) is 9.04. The van der Waals surface area contributed by atoms with Crippen molar-refractivity contribution in [3.63, 3.8) is 0 Å². The highest BCUT2D eigenvalue weighted by molar-refractivity contribution is 7.89. The van der Waals surface area contributed by atoms with Gasteiger partial charge in [-0.15, -0.1) is 0 Å². The third kappa shape index (κ3) is 7.72. The largest absolute Gasteiger partial charge is 0.478 e. The zero-order chi connectivity index (χ0) is 40.2. The number of carbonyl (C=O) groups is 2. The van der Waals surface area contributed by atoms with Gasteiger partial charge in [0.05, 0.1) is 12.1 Å². The summed E-state index contributed by atoms with van der Waals surface area (Å²) in [5, 5.41) is 9.47. The first-order valence-electron chi connectivity index (χ1n) is 18.1. The Morgan fingerprint density at radius 3 is 2.04 bits per heavy atom. The summed E-state index contributed by atoms with van der Waals surface area (Å²) in [6.07, 6.45) is 5.29. The number of amides is 1. The number of hydrogen-bond acceptors (Lipinski definition) is 5. The van der Waals surface area contributed by atoms with Crippen molar-refractivity contribution in [1.29, 1.82) is 0 Å². The number of carboxylic acid groups (broad SMARTS) is 1. The van der Waals surface area contributed by atoms with E-state index in [4.69, 9.17) is 11.6 Å². The minimum absolute atomic E-state index is 0.0513. The standard InChI is InChI=1S/C40H36ClF6N3O5S/c1-21(50(20-26-8-10-28(42)18-31(26)41)56(54,55)38-36(46)34(44)33(43)35(45)37(38)47)39(51)49(32-11-9-25(40(52)53)17-30(32)24-6-7-24)19-22-14-27(23-4-5-23)16-29(15-22)48-12-2-3-13-48/h8-11,14-18,21,23-24H,2-7,12-13,19-20H2,1H3,(H,52,53)/t21-/m1/s1. The molecule has 3 aliphatic rings. The molecular formula is C40H36ClF6N3O5S. The van der Waals surface area contributed by atoms with E-state index in [0.717, 1.165) is 75.1 Å². The summed E-state index contributed by atoms with van der Waals surface area (Å²) in [6.45, 7) is 1.63. The first kappa shape index (κ1) is 39.6. The molecule has 1 saturated heterocycles. The summed E-state index contributed by atoms with van der Waals surface area (Å²) < 4.78 is 117. The molecule has 4 aromatic carbocycles. The molecule has 1 amide bonds. The normalized spacial score (nSPS) is 16.4. The second kappa shape index (κ2) is 15.4. The molecule has 0 unspecified atom stereocenters. The van der Waals surface area contributed by atoms with Crippen molar-refractivity contribution in [2.24, 2.45) is 0 Å². The van der Waals surface area contributed by atoms with Gasteiger partial charge in [0.15, 0.2) is 28.2 Å². The summed E-state index contributed by atoms with van der Waals surface area (Å²) in [5.41, 5.74) is 3.20. The third-order valence-corrected chi connectivity index (χ3v) is 12.9. The fourth-order valence-corrected chi connectivity index (χ4v) is 9.15. The average Bonchev–Trinajstić information content (AvgIpc) is 4.12. The lowest BCUT2D eigenvalue weighted by Crippen LogP contribution is -2.49. The summed E-state index contributed by atoms with van der Waals surface area (Å²) in [4.78, 5) is 28.4. The Balaban J connectivity index is 1.38. The average molecular weight is 820 g/mol. The van der Waals surface area contributed by atoms with Gasteiger partial charge in [0, 0.05) is 36.0 Å². The first-order valence-corrected chi connectivity index (χ1v) is 19.9. The summed E-state index contributed by atoms with van der Waals surface area (Å²) in [6, 6.07) is 11.1. The zero-order valence-corrected chi connectivity index (χ0v) is 31.5. The molecule has 7 rings (SSSR count). The monoisotopic (exact) mass is 819 g/mol. The van der Waals surface area contributed by atoms with Gasteiger partial charge in [-0.2, -0.15) is 4.31 Å². The van der Waals surface area contributed by atoms with Gasteiger partial charge in [0.1, 0.15) is 11.9 Å². The molecule has 1 atom stereocenters. The van der Waals surface area contributed by atoms with Crippen LogP contribution in [0.2, 0.25) is 5.02 Å². The van der Waals surface area contributed by atoms with Crippen molar-refractivity contribution in [3.8, 4) is 0 Å². The number of carbonyl (C=O) groups excluding carboxylic acids is 1. The van der Waals surface area contributed by atoms with E-state index in [9.17, 15) is 35.9 Å². The molecule has 2 aliphatic carbocycles. The van der Waals surface area contributed by atoms with E-state index in [-0.39, 0.29) is 38.6 Å². The van der Waals surface area contributed by atoms with Gasteiger partial charge in [0.25, 0.3) is 0 Å². The fraction of sp³-hybridized carbons (Fsp3) is 0.350. The zero-order valence-electron chi connectivity index (χ0n) is 30.0. The lowest BCUT2D eigenvalue weighted by Gasteiger charge is -2.34. The predicted molar refractivity (Wildman–Crippen MR) is 196 cm³/mol. The quantitative estimate of drug-likeness (QED) is 0.0822. The van der Waals surface area contributed by atoms with Crippen LogP contribution >= 0.6 is 11.6 Å². The van der Waals surface area contributed by atoms with Crippen LogP contribution < -0.4 is 9.80 Å². The van der Waals surface area contributed by atoms with Crippen molar-refractivity contribution in [3.05, 3.63) is 122 Å². The van der Waals surface area contributed by atoms with E-state index in [1.54, 1.807) is 0 Å². The van der Waals surface area contributed by atoms with Gasteiger partial charge < -0.3 is 14.9 Å². The molecule has 296 valence electrons. The maximum absolute atomic E-state index is 15.3. The van der Waals surface area contributed by atoms with Gasteiger partial charge in [-0.1, -0.05) is 23.7 Å². The molecular weight excluding hydrogens is 784 g/mol. The Bertz CT molecular complexity index is 2320. The van der Waals surface area contributed by atoms with Crippen LogP contribution in [0.25, 0.3) is 0 Å². The van der Waals surface area contributed by atoms with Crippen LogP contribution in [0.5, 0.6) is 0 Å². The molecule has 8 nitrogen and oxygen atoms in total. The number of nitrogens with zero attached hydrogens (tertiary/aromatic N) is 3. The van der Waals surface area contributed by atoms with Crippen molar-refractivity contribution < 1.29 is 49.5 Å². The van der Waals surface area contributed by atoms with Gasteiger partial charge in [-0.25, -0.2) is 39.6 Å². The Labute approximate surface area is 324 Å². The molecule has 0 bridgehead atoms. The summed E-state index contributed by atoms with van der Waals surface area (Å²) in [7, 11) is -5.79. The van der Waals surface area contributed by atoms with Crippen LogP contribution in [-0.2, 0) is 27.9 Å². The minimum atomic E-state index is -5.79. The summed E-state index contributed by atoms with van der Waals surface area (Å²) in [5.74, 6) is -15.7. The van der Waals surface area contributed by atoms with Gasteiger partial charge >= 0.3 is 5.97 Å².